The van der Waals surface area contributed by atoms with Gasteiger partial charge in [0.25, 0.3) is 0 Å². The fraction of sp³-hybridized carbons (Fsp3) is 0.333. The normalized spacial score (nSPS) is 16.8. The fourth-order valence-corrected chi connectivity index (χ4v) is 1.32. The van der Waals surface area contributed by atoms with Gasteiger partial charge < -0.3 is 10.2 Å². The highest BCUT2D eigenvalue weighted by Gasteiger charge is 2.19. The van der Waals surface area contributed by atoms with E-state index in [4.69, 9.17) is 10.2 Å². The molecule has 0 saturated heterocycles. The van der Waals surface area contributed by atoms with Gasteiger partial charge >= 0.3 is 11.9 Å². The first kappa shape index (κ1) is 9.51. The second-order valence-electron chi connectivity index (χ2n) is 2.94. The molecule has 0 aromatic rings. The third-order valence-electron chi connectivity index (χ3n) is 2.04. The van der Waals surface area contributed by atoms with Crippen molar-refractivity contribution in [2.75, 3.05) is 0 Å². The molecule has 1 rings (SSSR count). The van der Waals surface area contributed by atoms with Crippen molar-refractivity contribution in [2.45, 2.75) is 19.8 Å². The first-order chi connectivity index (χ1) is 6.02. The van der Waals surface area contributed by atoms with Crippen molar-refractivity contribution < 1.29 is 19.8 Å². The zero-order valence-corrected chi connectivity index (χ0v) is 7.20. The quantitative estimate of drug-likeness (QED) is 0.672. The summed E-state index contributed by atoms with van der Waals surface area (Å²) in [4.78, 5) is 21.1. The first-order valence-electron chi connectivity index (χ1n) is 3.89. The Morgan fingerprint density at radius 1 is 1.23 bits per heavy atom. The molecule has 13 heavy (non-hydrogen) atoms. The second kappa shape index (κ2) is 3.43. The number of carbonyl (C=O) groups is 2. The van der Waals surface area contributed by atoms with E-state index in [1.54, 1.807) is 6.92 Å². The van der Waals surface area contributed by atoms with E-state index in [1.807, 2.05) is 0 Å². The summed E-state index contributed by atoms with van der Waals surface area (Å²) in [6.45, 7) is 1.62. The lowest BCUT2D eigenvalue weighted by molar-refractivity contribution is -0.134. The zero-order valence-electron chi connectivity index (χ0n) is 7.20. The van der Waals surface area contributed by atoms with E-state index < -0.39 is 11.9 Å². The number of hydrogen-bond acceptors (Lipinski definition) is 2. The molecule has 0 spiro atoms. The number of carboxylic acid groups (broad SMARTS) is 2. The largest absolute Gasteiger partial charge is 0.478 e. The van der Waals surface area contributed by atoms with Crippen molar-refractivity contribution in [1.82, 2.24) is 0 Å². The molecule has 0 heterocycles. The molecule has 4 heteroatoms. The van der Waals surface area contributed by atoms with E-state index in [-0.39, 0.29) is 5.57 Å². The molecular weight excluding hydrogens is 172 g/mol. The number of allylic oxidation sites excluding steroid dienone is 2. The van der Waals surface area contributed by atoms with E-state index in [1.165, 1.54) is 6.08 Å². The Kier molecular flexibility index (Phi) is 2.51. The molecule has 4 nitrogen and oxygen atoms in total. The number of carboxylic acids is 2. The minimum atomic E-state index is -0.969. The van der Waals surface area contributed by atoms with Gasteiger partial charge in [0, 0.05) is 11.1 Å². The van der Waals surface area contributed by atoms with Gasteiger partial charge in [0.1, 0.15) is 0 Å². The van der Waals surface area contributed by atoms with Crippen LogP contribution in [0.25, 0.3) is 0 Å². The highest BCUT2D eigenvalue weighted by atomic mass is 16.4. The number of aliphatic carboxylic acids is 2. The van der Waals surface area contributed by atoms with Gasteiger partial charge in [0.05, 0.1) is 0 Å². The van der Waals surface area contributed by atoms with E-state index in [9.17, 15) is 9.59 Å². The van der Waals surface area contributed by atoms with Gasteiger partial charge in [-0.2, -0.15) is 0 Å². The Morgan fingerprint density at radius 2 is 1.85 bits per heavy atom. The van der Waals surface area contributed by atoms with Crippen LogP contribution in [0.15, 0.2) is 22.8 Å². The van der Waals surface area contributed by atoms with Crippen LogP contribution < -0.4 is 0 Å². The lowest BCUT2D eigenvalue weighted by atomic mass is 9.93. The van der Waals surface area contributed by atoms with Crippen molar-refractivity contribution >= 4 is 11.9 Å². The maximum absolute atomic E-state index is 10.6. The summed E-state index contributed by atoms with van der Waals surface area (Å²) >= 11 is 0. The molecule has 70 valence electrons. The van der Waals surface area contributed by atoms with Crippen molar-refractivity contribution in [3.63, 3.8) is 0 Å². The molecule has 0 aromatic carbocycles. The first-order valence-corrected chi connectivity index (χ1v) is 3.89. The zero-order chi connectivity index (χ0) is 10.0. The second-order valence-corrected chi connectivity index (χ2v) is 2.94. The molecule has 0 radical (unpaired) electrons. The summed E-state index contributed by atoms with van der Waals surface area (Å²) in [7, 11) is 0. The SMILES string of the molecule is CC1=C(C(=O)O)CCC(C(=O)O)=C1. The molecule has 2 N–H and O–H groups in total. The van der Waals surface area contributed by atoms with Crippen LogP contribution in [-0.2, 0) is 9.59 Å². The molecule has 0 fully saturated rings. The Bertz CT molecular complexity index is 323. The lowest BCUT2D eigenvalue weighted by Gasteiger charge is -2.12. The highest BCUT2D eigenvalue weighted by molar-refractivity contribution is 5.92. The van der Waals surface area contributed by atoms with Gasteiger partial charge in [-0.3, -0.25) is 0 Å². The topological polar surface area (TPSA) is 74.6 Å². The van der Waals surface area contributed by atoms with Crippen LogP contribution in [0.1, 0.15) is 19.8 Å². The van der Waals surface area contributed by atoms with Crippen LogP contribution in [0.5, 0.6) is 0 Å². The van der Waals surface area contributed by atoms with Crippen molar-refractivity contribution in [3.05, 3.63) is 22.8 Å². The summed E-state index contributed by atoms with van der Waals surface area (Å²) in [5.41, 5.74) is 1.13. The molecule has 0 saturated carbocycles. The van der Waals surface area contributed by atoms with Crippen LogP contribution >= 0.6 is 0 Å². The average Bonchev–Trinajstić information content (AvgIpc) is 2.03. The van der Waals surface area contributed by atoms with Gasteiger partial charge in [-0.1, -0.05) is 0 Å². The fourth-order valence-electron chi connectivity index (χ4n) is 1.32. The third kappa shape index (κ3) is 1.96. The van der Waals surface area contributed by atoms with Gasteiger partial charge in [-0.25, -0.2) is 9.59 Å². The van der Waals surface area contributed by atoms with E-state index >= 15 is 0 Å². The molecule has 0 unspecified atom stereocenters. The van der Waals surface area contributed by atoms with Crippen LogP contribution in [0.4, 0.5) is 0 Å². The average molecular weight is 182 g/mol. The maximum atomic E-state index is 10.6. The van der Waals surface area contributed by atoms with Crippen molar-refractivity contribution in [3.8, 4) is 0 Å². The van der Waals surface area contributed by atoms with E-state index in [2.05, 4.69) is 0 Å². The molecule has 0 aromatic heterocycles. The summed E-state index contributed by atoms with van der Waals surface area (Å²) in [6, 6.07) is 0. The van der Waals surface area contributed by atoms with Gasteiger partial charge in [-0.05, 0) is 31.4 Å². The predicted octanol–water partition coefficient (Wildman–Crippen LogP) is 1.19. The minimum absolute atomic E-state index is 0.280. The smallest absolute Gasteiger partial charge is 0.331 e. The molecular formula is C9H10O4. The van der Waals surface area contributed by atoms with Gasteiger partial charge in [0.15, 0.2) is 0 Å². The van der Waals surface area contributed by atoms with E-state index in [0.29, 0.717) is 24.0 Å². The molecule has 0 atom stereocenters. The third-order valence-corrected chi connectivity index (χ3v) is 2.04. The summed E-state index contributed by atoms with van der Waals surface area (Å²) in [5.74, 6) is -1.93. The molecule has 0 amide bonds. The van der Waals surface area contributed by atoms with Crippen molar-refractivity contribution in [1.29, 1.82) is 0 Å². The molecule has 0 bridgehead atoms. The Balaban J connectivity index is 3.00. The van der Waals surface area contributed by atoms with Gasteiger partial charge in [0.2, 0.25) is 0 Å². The number of rotatable bonds is 2. The van der Waals surface area contributed by atoms with Crippen molar-refractivity contribution in [2.24, 2.45) is 0 Å². The Hall–Kier alpha value is -1.58. The Labute approximate surface area is 75.2 Å². The van der Waals surface area contributed by atoms with Crippen LogP contribution in [-0.4, -0.2) is 22.2 Å². The van der Waals surface area contributed by atoms with E-state index in [0.717, 1.165) is 0 Å². The monoisotopic (exact) mass is 182 g/mol. The molecule has 1 aliphatic rings. The predicted molar refractivity (Wildman–Crippen MR) is 45.3 cm³/mol. The summed E-state index contributed by atoms with van der Waals surface area (Å²) in [5, 5.41) is 17.3. The van der Waals surface area contributed by atoms with Crippen LogP contribution in [0.2, 0.25) is 0 Å². The standard InChI is InChI=1S/C9H10O4/c1-5-4-6(8(10)11)2-3-7(5)9(12)13/h4H,2-3H2,1H3,(H,10,11)(H,12,13). The number of hydrogen-bond donors (Lipinski definition) is 2. The minimum Gasteiger partial charge on any atom is -0.478 e. The van der Waals surface area contributed by atoms with Gasteiger partial charge in [-0.15, -0.1) is 0 Å². The lowest BCUT2D eigenvalue weighted by Crippen LogP contribution is -2.11. The molecule has 0 aliphatic heterocycles. The maximum Gasteiger partial charge on any atom is 0.331 e. The van der Waals surface area contributed by atoms with Crippen LogP contribution in [0, 0.1) is 0 Å². The Morgan fingerprint density at radius 3 is 2.23 bits per heavy atom. The molecule has 1 aliphatic carbocycles. The summed E-state index contributed by atoms with van der Waals surface area (Å²) < 4.78 is 0. The highest BCUT2D eigenvalue weighted by Crippen LogP contribution is 2.23. The van der Waals surface area contributed by atoms with Crippen LogP contribution in [0.3, 0.4) is 0 Å². The summed E-state index contributed by atoms with van der Waals surface area (Å²) in [6.07, 6.45) is 2.03.